The van der Waals surface area contributed by atoms with E-state index in [2.05, 4.69) is 5.32 Å². The number of carbonyl (C=O) groups is 2. The SMILES string of the molecule is CC/C=C(/C)C(=O)OCC(=O)NC(c1ccc(OC)cc1)c1ccc(OC)cc1. The number of nitrogens with one attached hydrogen (secondary N) is 1. The second-order valence-electron chi connectivity index (χ2n) is 6.42. The van der Waals surface area contributed by atoms with Gasteiger partial charge >= 0.3 is 5.97 Å². The van der Waals surface area contributed by atoms with E-state index >= 15 is 0 Å². The fourth-order valence-corrected chi connectivity index (χ4v) is 2.79. The van der Waals surface area contributed by atoms with Crippen molar-refractivity contribution in [3.8, 4) is 11.5 Å². The van der Waals surface area contributed by atoms with Crippen molar-refractivity contribution in [3.63, 3.8) is 0 Å². The number of benzene rings is 2. The van der Waals surface area contributed by atoms with E-state index in [-0.39, 0.29) is 12.5 Å². The monoisotopic (exact) mass is 397 g/mol. The van der Waals surface area contributed by atoms with Crippen LogP contribution in [0, 0.1) is 0 Å². The van der Waals surface area contributed by atoms with E-state index in [0.29, 0.717) is 5.57 Å². The molecule has 0 fully saturated rings. The molecule has 0 radical (unpaired) electrons. The normalized spacial score (nSPS) is 11.1. The summed E-state index contributed by atoms with van der Waals surface area (Å²) in [6.45, 7) is 3.25. The smallest absolute Gasteiger partial charge is 0.333 e. The fourth-order valence-electron chi connectivity index (χ4n) is 2.79. The molecule has 6 heteroatoms. The molecule has 154 valence electrons. The number of hydrogen-bond acceptors (Lipinski definition) is 5. The van der Waals surface area contributed by atoms with Gasteiger partial charge in [0, 0.05) is 5.57 Å². The number of ether oxygens (including phenoxy) is 3. The highest BCUT2D eigenvalue weighted by Gasteiger charge is 2.18. The van der Waals surface area contributed by atoms with Crippen LogP contribution in [0.4, 0.5) is 0 Å². The van der Waals surface area contributed by atoms with E-state index in [4.69, 9.17) is 14.2 Å². The molecule has 0 unspecified atom stereocenters. The van der Waals surface area contributed by atoms with Gasteiger partial charge in [0.25, 0.3) is 5.91 Å². The molecule has 2 aromatic carbocycles. The van der Waals surface area contributed by atoms with Gasteiger partial charge in [-0.25, -0.2) is 4.79 Å². The Labute approximate surface area is 171 Å². The lowest BCUT2D eigenvalue weighted by molar-refractivity contribution is -0.144. The third kappa shape index (κ3) is 6.38. The molecular formula is C23H27NO5. The standard InChI is InChI=1S/C23H27NO5/c1-5-6-16(2)23(26)29-15-21(25)24-22(17-7-11-19(27-3)12-8-17)18-9-13-20(28-4)14-10-18/h6-14,22H,5,15H2,1-4H3,(H,24,25)/b16-6-. The minimum Gasteiger partial charge on any atom is -0.497 e. The number of hydrogen-bond donors (Lipinski definition) is 1. The summed E-state index contributed by atoms with van der Waals surface area (Å²) in [5, 5.41) is 2.93. The van der Waals surface area contributed by atoms with Crippen molar-refractivity contribution in [2.24, 2.45) is 0 Å². The molecule has 0 atom stereocenters. The Bertz CT molecular complexity index is 793. The maximum atomic E-state index is 12.5. The van der Waals surface area contributed by atoms with Crippen molar-refractivity contribution in [2.75, 3.05) is 20.8 Å². The molecular weight excluding hydrogens is 370 g/mol. The molecule has 0 aliphatic heterocycles. The van der Waals surface area contributed by atoms with E-state index in [9.17, 15) is 9.59 Å². The zero-order valence-corrected chi connectivity index (χ0v) is 17.2. The third-order valence-corrected chi connectivity index (χ3v) is 4.37. The van der Waals surface area contributed by atoms with Crippen LogP contribution in [-0.2, 0) is 14.3 Å². The number of carbonyl (C=O) groups excluding carboxylic acids is 2. The lowest BCUT2D eigenvalue weighted by atomic mass is 9.98. The zero-order chi connectivity index (χ0) is 21.2. The second kappa shape index (κ2) is 10.9. The minimum absolute atomic E-state index is 0.351. The van der Waals surface area contributed by atoms with E-state index in [1.165, 1.54) is 0 Å². The van der Waals surface area contributed by atoms with E-state index in [1.54, 1.807) is 27.2 Å². The highest BCUT2D eigenvalue weighted by atomic mass is 16.5. The Hall–Kier alpha value is -3.28. The molecule has 0 aromatic heterocycles. The molecule has 0 bridgehead atoms. The zero-order valence-electron chi connectivity index (χ0n) is 17.2. The van der Waals surface area contributed by atoms with Gasteiger partial charge in [-0.3, -0.25) is 4.79 Å². The van der Waals surface area contributed by atoms with Crippen molar-refractivity contribution >= 4 is 11.9 Å². The molecule has 0 heterocycles. The molecule has 2 rings (SSSR count). The van der Waals surface area contributed by atoms with Crippen LogP contribution in [-0.4, -0.2) is 32.7 Å². The van der Waals surface area contributed by atoms with Gasteiger partial charge < -0.3 is 19.5 Å². The predicted octanol–water partition coefficient (Wildman–Crippen LogP) is 3.81. The van der Waals surface area contributed by atoms with Crippen LogP contribution in [0.1, 0.15) is 37.4 Å². The molecule has 0 saturated carbocycles. The first-order chi connectivity index (χ1) is 14.0. The lowest BCUT2D eigenvalue weighted by Gasteiger charge is -2.20. The largest absolute Gasteiger partial charge is 0.497 e. The van der Waals surface area contributed by atoms with Gasteiger partial charge in [0.1, 0.15) is 11.5 Å². The highest BCUT2D eigenvalue weighted by Crippen LogP contribution is 2.26. The van der Waals surface area contributed by atoms with Crippen molar-refractivity contribution < 1.29 is 23.8 Å². The van der Waals surface area contributed by atoms with Gasteiger partial charge in [0.2, 0.25) is 0 Å². The van der Waals surface area contributed by atoms with Crippen LogP contribution in [0.15, 0.2) is 60.2 Å². The Balaban J connectivity index is 2.17. The molecule has 6 nitrogen and oxygen atoms in total. The molecule has 1 amide bonds. The highest BCUT2D eigenvalue weighted by molar-refractivity contribution is 5.90. The van der Waals surface area contributed by atoms with E-state index in [0.717, 1.165) is 29.0 Å². The summed E-state index contributed by atoms with van der Waals surface area (Å²) in [6, 6.07) is 14.4. The Kier molecular flexibility index (Phi) is 8.27. The summed E-state index contributed by atoms with van der Waals surface area (Å²) in [5.41, 5.74) is 2.23. The molecule has 0 spiro atoms. The van der Waals surface area contributed by atoms with Crippen LogP contribution in [0.3, 0.4) is 0 Å². The van der Waals surface area contributed by atoms with Crippen LogP contribution >= 0.6 is 0 Å². The molecule has 29 heavy (non-hydrogen) atoms. The summed E-state index contributed by atoms with van der Waals surface area (Å²) < 4.78 is 15.5. The number of esters is 1. The van der Waals surface area contributed by atoms with Gasteiger partial charge in [-0.05, 0) is 48.7 Å². The van der Waals surface area contributed by atoms with Gasteiger partial charge in [0.05, 0.1) is 20.3 Å². The third-order valence-electron chi connectivity index (χ3n) is 4.37. The number of allylic oxidation sites excluding steroid dienone is 1. The topological polar surface area (TPSA) is 73.9 Å². The van der Waals surface area contributed by atoms with Crippen LogP contribution in [0.25, 0.3) is 0 Å². The van der Waals surface area contributed by atoms with Crippen molar-refractivity contribution in [2.45, 2.75) is 26.3 Å². The second-order valence-corrected chi connectivity index (χ2v) is 6.42. The van der Waals surface area contributed by atoms with Crippen molar-refractivity contribution in [3.05, 3.63) is 71.3 Å². The number of rotatable bonds is 9. The van der Waals surface area contributed by atoms with Crippen molar-refractivity contribution in [1.82, 2.24) is 5.32 Å². The number of methoxy groups -OCH3 is 2. The van der Waals surface area contributed by atoms with Gasteiger partial charge in [0.15, 0.2) is 6.61 Å². The van der Waals surface area contributed by atoms with Crippen LogP contribution < -0.4 is 14.8 Å². The Morgan fingerprint density at radius 3 is 1.83 bits per heavy atom. The average molecular weight is 397 g/mol. The predicted molar refractivity (Wildman–Crippen MR) is 111 cm³/mol. The van der Waals surface area contributed by atoms with Crippen LogP contribution in [0.2, 0.25) is 0 Å². The van der Waals surface area contributed by atoms with E-state index in [1.807, 2.05) is 55.5 Å². The maximum absolute atomic E-state index is 12.5. The minimum atomic E-state index is -0.493. The first-order valence-corrected chi connectivity index (χ1v) is 9.39. The fraction of sp³-hybridized carbons (Fsp3) is 0.304. The van der Waals surface area contributed by atoms with Crippen LogP contribution in [0.5, 0.6) is 11.5 Å². The molecule has 2 aromatic rings. The lowest BCUT2D eigenvalue weighted by Crippen LogP contribution is -2.33. The van der Waals surface area contributed by atoms with Crippen molar-refractivity contribution in [1.29, 1.82) is 0 Å². The molecule has 0 saturated heterocycles. The first kappa shape index (κ1) is 22.0. The Morgan fingerprint density at radius 2 is 1.41 bits per heavy atom. The van der Waals surface area contributed by atoms with Gasteiger partial charge in [-0.15, -0.1) is 0 Å². The summed E-state index contributed by atoms with van der Waals surface area (Å²) in [4.78, 5) is 24.4. The average Bonchev–Trinajstić information content (AvgIpc) is 2.76. The summed E-state index contributed by atoms with van der Waals surface area (Å²) in [6.07, 6.45) is 2.49. The summed E-state index contributed by atoms with van der Waals surface area (Å²) in [5.74, 6) is 0.563. The first-order valence-electron chi connectivity index (χ1n) is 9.39. The summed E-state index contributed by atoms with van der Waals surface area (Å²) >= 11 is 0. The maximum Gasteiger partial charge on any atom is 0.333 e. The Morgan fingerprint density at radius 1 is 0.931 bits per heavy atom. The summed E-state index contributed by atoms with van der Waals surface area (Å²) in [7, 11) is 3.20. The van der Waals surface area contributed by atoms with Gasteiger partial charge in [-0.1, -0.05) is 37.3 Å². The molecule has 0 aliphatic carbocycles. The molecule has 0 aliphatic rings. The van der Waals surface area contributed by atoms with E-state index < -0.39 is 12.0 Å². The van der Waals surface area contributed by atoms with Gasteiger partial charge in [-0.2, -0.15) is 0 Å². The quantitative estimate of drug-likeness (QED) is 0.514. The molecule has 1 N–H and O–H groups in total. The number of amides is 1.